The Morgan fingerprint density at radius 2 is 1.94 bits per heavy atom. The largest absolute Gasteiger partial charge is 0.466 e. The predicted octanol–water partition coefficient (Wildman–Crippen LogP) is -1.09. The number of nitrogens with zero attached hydrogens (tertiary/aromatic N) is 2. The lowest BCUT2D eigenvalue weighted by molar-refractivity contribution is -0.205. The lowest BCUT2D eigenvalue weighted by Crippen LogP contribution is -2.57. The molecule has 1 fully saturated rings. The van der Waals surface area contributed by atoms with Gasteiger partial charge in [-0.05, 0) is 12.1 Å². The zero-order valence-electron chi connectivity index (χ0n) is 16.2. The number of aliphatic hydroxyl groups excluding tert-OH is 4. The van der Waals surface area contributed by atoms with Crippen molar-refractivity contribution in [3.63, 3.8) is 0 Å². The second-order valence-electron chi connectivity index (χ2n) is 6.65. The molecule has 5 N–H and O–H groups in total. The Morgan fingerprint density at radius 3 is 2.58 bits per heavy atom. The third-order valence-electron chi connectivity index (χ3n) is 4.59. The fourth-order valence-electron chi connectivity index (χ4n) is 3.16. The molecule has 0 spiro atoms. The van der Waals surface area contributed by atoms with Crippen LogP contribution in [0, 0.1) is 0 Å². The summed E-state index contributed by atoms with van der Waals surface area (Å²) in [7, 11) is -3.48. The molecular formula is C17H22N2O10S2. The summed E-state index contributed by atoms with van der Waals surface area (Å²) in [6.07, 6.45) is -6.01. The van der Waals surface area contributed by atoms with Gasteiger partial charge in [0.1, 0.15) is 42.0 Å². The molecule has 2 aromatic rings. The minimum Gasteiger partial charge on any atom is -0.417 e. The summed E-state index contributed by atoms with van der Waals surface area (Å²) in [4.78, 5) is 5.38. The highest BCUT2D eigenvalue weighted by Crippen LogP contribution is 2.31. The molecule has 3 rings (SSSR count). The van der Waals surface area contributed by atoms with E-state index in [4.69, 9.17) is 14.1 Å². The minimum absolute atomic E-state index is 0.0666. The maximum absolute atomic E-state index is 11.0. The van der Waals surface area contributed by atoms with E-state index in [1.807, 2.05) is 12.1 Å². The van der Waals surface area contributed by atoms with Crippen LogP contribution in [0.3, 0.4) is 0 Å². The molecule has 1 aliphatic heterocycles. The fourth-order valence-corrected chi connectivity index (χ4v) is 4.47. The molecule has 0 aliphatic carbocycles. The Kier molecular flexibility index (Phi) is 7.43. The van der Waals surface area contributed by atoms with Gasteiger partial charge < -0.3 is 30.0 Å². The smallest absolute Gasteiger partial charge is 0.417 e. The summed E-state index contributed by atoms with van der Waals surface area (Å²) in [5.41, 5.74) is 0.0195. The first-order valence-electron chi connectivity index (χ1n) is 8.98. The molecule has 5 atom stereocenters. The van der Waals surface area contributed by atoms with E-state index in [-0.39, 0.29) is 11.5 Å². The van der Waals surface area contributed by atoms with Gasteiger partial charge in [0.25, 0.3) is 0 Å². The Bertz CT molecular complexity index is 1040. The quantitative estimate of drug-likeness (QED) is 0.141. The summed E-state index contributed by atoms with van der Waals surface area (Å²) >= 11 is 0.689. The van der Waals surface area contributed by atoms with Crippen molar-refractivity contribution in [3.8, 4) is 0 Å². The molecule has 0 saturated carbocycles. The van der Waals surface area contributed by atoms with E-state index in [1.165, 1.54) is 11.8 Å². The van der Waals surface area contributed by atoms with Gasteiger partial charge in [-0.25, -0.2) is 4.28 Å². The van der Waals surface area contributed by atoms with E-state index < -0.39 is 46.9 Å². The van der Waals surface area contributed by atoms with Crippen LogP contribution in [0.25, 0.3) is 10.9 Å². The van der Waals surface area contributed by atoms with Gasteiger partial charge in [-0.1, -0.05) is 35.1 Å². The number of para-hydroxylation sites is 1. The highest BCUT2D eigenvalue weighted by molar-refractivity contribution is 8.14. The van der Waals surface area contributed by atoms with Crippen LogP contribution < -0.4 is 4.84 Å². The average molecular weight is 479 g/mol. The van der Waals surface area contributed by atoms with Crippen molar-refractivity contribution in [2.75, 3.05) is 13.7 Å². The van der Waals surface area contributed by atoms with Gasteiger partial charge in [-0.2, -0.15) is 13.1 Å². The number of rotatable bonds is 7. The SMILES string of the molecule is COn1c(C/C(=N\OS(=O)(=O)O)S[C@@H]2O[C@H](CO)[C@@H](O)[C@H](O)[C@H]2O)cc2ccccc21. The van der Waals surface area contributed by atoms with Crippen LogP contribution in [-0.2, 0) is 25.8 Å². The Hall–Kier alpha value is -1.91. The number of ether oxygens (including phenoxy) is 1. The molecule has 31 heavy (non-hydrogen) atoms. The monoisotopic (exact) mass is 478 g/mol. The lowest BCUT2D eigenvalue weighted by Gasteiger charge is -2.39. The van der Waals surface area contributed by atoms with E-state index >= 15 is 0 Å². The van der Waals surface area contributed by atoms with E-state index in [0.29, 0.717) is 17.5 Å². The highest BCUT2D eigenvalue weighted by atomic mass is 32.3. The van der Waals surface area contributed by atoms with Gasteiger partial charge >= 0.3 is 10.4 Å². The standard InChI is InChI=1S/C17H22N2O10S2/c1-27-19-10(6-9-4-2-3-5-11(9)19)7-13(18-29-31(24,25)26)30-17-16(23)15(22)14(21)12(8-20)28-17/h2-6,12,14-17,20-23H,7-8H2,1H3,(H,24,25,26)/b18-13+/t12-,14-,15+,16-,17+/m1/s1. The van der Waals surface area contributed by atoms with Crippen molar-refractivity contribution in [3.05, 3.63) is 36.0 Å². The first kappa shape index (κ1) is 23.7. The number of hydrogen-bond donors (Lipinski definition) is 5. The van der Waals surface area contributed by atoms with Gasteiger partial charge in [0.15, 0.2) is 0 Å². The lowest BCUT2D eigenvalue weighted by atomic mass is 10.0. The minimum atomic E-state index is -4.91. The molecule has 0 radical (unpaired) electrons. The van der Waals surface area contributed by atoms with Gasteiger partial charge in [-0.15, -0.1) is 0 Å². The number of fused-ring (bicyclic) bond motifs is 1. The van der Waals surface area contributed by atoms with Crippen molar-refractivity contribution >= 4 is 38.1 Å². The predicted molar refractivity (Wildman–Crippen MR) is 110 cm³/mol. The molecule has 1 aromatic heterocycles. The van der Waals surface area contributed by atoms with E-state index in [1.54, 1.807) is 18.2 Å². The van der Waals surface area contributed by atoms with Crippen LogP contribution in [0.2, 0.25) is 0 Å². The molecule has 12 nitrogen and oxygen atoms in total. The number of thioether (sulfide) groups is 1. The summed E-state index contributed by atoms with van der Waals surface area (Å²) in [6.45, 7) is -0.631. The summed E-state index contributed by atoms with van der Waals surface area (Å²) < 4.78 is 41.9. The molecular weight excluding hydrogens is 456 g/mol. The van der Waals surface area contributed by atoms with Crippen molar-refractivity contribution in [1.29, 1.82) is 0 Å². The number of benzene rings is 1. The topological polar surface area (TPSA) is 180 Å². The summed E-state index contributed by atoms with van der Waals surface area (Å²) in [6, 6.07) is 9.03. The zero-order valence-corrected chi connectivity index (χ0v) is 17.8. The molecule has 172 valence electrons. The van der Waals surface area contributed by atoms with Crippen LogP contribution in [0.4, 0.5) is 0 Å². The maximum atomic E-state index is 11.0. The third-order valence-corrected chi connectivity index (χ3v) is 5.96. The van der Waals surface area contributed by atoms with E-state index in [9.17, 15) is 28.8 Å². The summed E-state index contributed by atoms with van der Waals surface area (Å²) in [5.74, 6) is 0. The zero-order chi connectivity index (χ0) is 22.8. The van der Waals surface area contributed by atoms with Crippen LogP contribution in [0.15, 0.2) is 35.5 Å². The van der Waals surface area contributed by atoms with Crippen molar-refractivity contribution in [2.24, 2.45) is 5.16 Å². The fraction of sp³-hybridized carbons (Fsp3) is 0.471. The van der Waals surface area contributed by atoms with Crippen molar-refractivity contribution in [2.45, 2.75) is 36.3 Å². The van der Waals surface area contributed by atoms with Crippen LogP contribution in [0.1, 0.15) is 5.69 Å². The molecule has 0 bridgehead atoms. The molecule has 0 unspecified atom stereocenters. The number of hydrogen-bond acceptors (Lipinski definition) is 11. The van der Waals surface area contributed by atoms with Crippen LogP contribution in [-0.4, -0.2) is 86.7 Å². The Balaban J connectivity index is 1.91. The van der Waals surface area contributed by atoms with Gasteiger partial charge in [0.05, 0.1) is 17.8 Å². The third kappa shape index (κ3) is 5.48. The first-order valence-corrected chi connectivity index (χ1v) is 11.2. The second kappa shape index (κ2) is 9.70. The van der Waals surface area contributed by atoms with Gasteiger partial charge in [0, 0.05) is 11.8 Å². The summed E-state index contributed by atoms with van der Waals surface area (Å²) in [5, 5.41) is 43.7. The van der Waals surface area contributed by atoms with E-state index in [0.717, 1.165) is 10.9 Å². The number of oxime groups is 1. The number of aromatic nitrogens is 1. The van der Waals surface area contributed by atoms with Gasteiger partial charge in [-0.3, -0.25) is 4.55 Å². The van der Waals surface area contributed by atoms with Crippen LogP contribution in [0.5, 0.6) is 0 Å². The normalized spacial score (nSPS) is 27.4. The maximum Gasteiger partial charge on any atom is 0.466 e. The molecule has 1 saturated heterocycles. The molecule has 0 amide bonds. The molecule has 2 heterocycles. The van der Waals surface area contributed by atoms with Crippen molar-refractivity contribution < 1.29 is 47.3 Å². The molecule has 14 heteroatoms. The van der Waals surface area contributed by atoms with Crippen LogP contribution >= 0.6 is 11.8 Å². The average Bonchev–Trinajstić information content (AvgIpc) is 3.08. The van der Waals surface area contributed by atoms with E-state index in [2.05, 4.69) is 9.44 Å². The van der Waals surface area contributed by atoms with Crippen molar-refractivity contribution in [1.82, 2.24) is 4.73 Å². The van der Waals surface area contributed by atoms with Gasteiger partial charge in [0.2, 0.25) is 0 Å². The number of aliphatic hydroxyl groups is 4. The first-order chi connectivity index (χ1) is 14.6. The highest BCUT2D eigenvalue weighted by Gasteiger charge is 2.44. The molecule has 1 aliphatic rings. The Morgan fingerprint density at radius 1 is 1.23 bits per heavy atom. The second-order valence-corrected chi connectivity index (χ2v) is 8.83. The molecule has 1 aromatic carbocycles. The Labute approximate surface area is 181 Å².